The second-order valence-electron chi connectivity index (χ2n) is 9.50. The fourth-order valence-electron chi connectivity index (χ4n) is 4.90. The van der Waals surface area contributed by atoms with Crippen molar-refractivity contribution in [3.63, 3.8) is 0 Å². The quantitative estimate of drug-likeness (QED) is 0.461. The number of piperidine rings is 1. The van der Waals surface area contributed by atoms with Crippen molar-refractivity contribution in [2.24, 2.45) is 5.92 Å². The molecule has 37 heavy (non-hydrogen) atoms. The second kappa shape index (κ2) is 10.9. The number of anilines is 1. The van der Waals surface area contributed by atoms with E-state index in [9.17, 15) is 13.2 Å². The van der Waals surface area contributed by atoms with Crippen molar-refractivity contribution in [1.29, 1.82) is 0 Å². The van der Waals surface area contributed by atoms with E-state index in [4.69, 9.17) is 9.26 Å². The number of carbonyl (C=O) groups excluding carboxylic acids is 1. The zero-order chi connectivity index (χ0) is 26.7. The Kier molecular flexibility index (Phi) is 7.85. The Bertz CT molecular complexity index is 1420. The van der Waals surface area contributed by atoms with E-state index in [2.05, 4.69) is 22.6 Å². The Morgan fingerprint density at radius 1 is 1.14 bits per heavy atom. The van der Waals surface area contributed by atoms with E-state index in [1.54, 1.807) is 31.2 Å². The van der Waals surface area contributed by atoms with Crippen LogP contribution in [-0.2, 0) is 14.8 Å². The summed E-state index contributed by atoms with van der Waals surface area (Å²) in [5, 5.41) is 6.84. The van der Waals surface area contributed by atoms with E-state index in [0.717, 1.165) is 16.7 Å². The minimum Gasteiger partial charge on any atom is -0.495 e. The summed E-state index contributed by atoms with van der Waals surface area (Å²) < 4.78 is 39.6. The number of rotatable bonds is 7. The summed E-state index contributed by atoms with van der Waals surface area (Å²) in [5.41, 5.74) is 5.20. The minimum atomic E-state index is -3.94. The average molecular weight is 524 g/mol. The number of amides is 1. The average Bonchev–Trinajstić information content (AvgIpc) is 3.24. The second-order valence-corrected chi connectivity index (χ2v) is 11.4. The Labute approximate surface area is 218 Å². The first-order valence-electron chi connectivity index (χ1n) is 12.3. The van der Waals surface area contributed by atoms with E-state index in [1.165, 1.54) is 17.0 Å². The third-order valence-electron chi connectivity index (χ3n) is 6.69. The number of hydrogen-bond acceptors (Lipinski definition) is 6. The van der Waals surface area contributed by atoms with Crippen LogP contribution >= 0.6 is 0 Å². The van der Waals surface area contributed by atoms with Gasteiger partial charge in [-0.05, 0) is 75.4 Å². The molecule has 9 heteroatoms. The number of aryl methyl sites for hydroxylation is 4. The van der Waals surface area contributed by atoms with Crippen LogP contribution in [0.2, 0.25) is 0 Å². The van der Waals surface area contributed by atoms with Gasteiger partial charge in [-0.3, -0.25) is 4.79 Å². The predicted octanol–water partition coefficient (Wildman–Crippen LogP) is 5.13. The van der Waals surface area contributed by atoms with Crippen LogP contribution in [0.5, 0.6) is 5.75 Å². The number of sulfonamides is 1. The van der Waals surface area contributed by atoms with Gasteiger partial charge in [0.1, 0.15) is 11.4 Å². The molecule has 0 radical (unpaired) electrons. The molecule has 196 valence electrons. The zero-order valence-corrected chi connectivity index (χ0v) is 22.7. The maximum atomic E-state index is 13.7. The number of carbonyl (C=O) groups is 1. The normalized spacial score (nSPS) is 16.7. The van der Waals surface area contributed by atoms with Crippen molar-refractivity contribution in [2.45, 2.75) is 45.4 Å². The molecule has 1 aliphatic rings. The number of hydrogen-bond donors (Lipinski definition) is 1. The third kappa shape index (κ3) is 5.62. The largest absolute Gasteiger partial charge is 0.495 e. The topological polar surface area (TPSA) is 102 Å². The van der Waals surface area contributed by atoms with Crippen LogP contribution in [0.3, 0.4) is 0 Å². The Hall–Kier alpha value is -3.43. The molecule has 0 saturated carbocycles. The molecule has 1 atom stereocenters. The highest BCUT2D eigenvalue weighted by Gasteiger charge is 2.37. The number of methoxy groups -OCH3 is 1. The van der Waals surface area contributed by atoms with Crippen molar-refractivity contribution in [3.8, 4) is 5.75 Å². The van der Waals surface area contributed by atoms with Crippen molar-refractivity contribution >= 4 is 33.8 Å². The van der Waals surface area contributed by atoms with Gasteiger partial charge in [0.25, 0.3) is 0 Å². The van der Waals surface area contributed by atoms with Crippen LogP contribution in [0, 0.1) is 33.6 Å². The lowest BCUT2D eigenvalue weighted by molar-refractivity contribution is -0.120. The highest BCUT2D eigenvalue weighted by molar-refractivity contribution is 7.89. The highest BCUT2D eigenvalue weighted by Crippen LogP contribution is 2.31. The fraction of sp³-hybridized carbons (Fsp3) is 0.357. The lowest BCUT2D eigenvalue weighted by Crippen LogP contribution is -2.43. The summed E-state index contributed by atoms with van der Waals surface area (Å²) in [4.78, 5) is 13.1. The number of para-hydroxylation sites is 2. The molecule has 3 aromatic rings. The summed E-state index contributed by atoms with van der Waals surface area (Å²) in [6.07, 6.45) is 4.69. The van der Waals surface area contributed by atoms with Crippen molar-refractivity contribution in [2.75, 3.05) is 25.5 Å². The molecule has 1 fully saturated rings. The molecule has 1 unspecified atom stereocenters. The van der Waals surface area contributed by atoms with Gasteiger partial charge in [-0.25, -0.2) is 8.42 Å². The zero-order valence-electron chi connectivity index (χ0n) is 21.9. The summed E-state index contributed by atoms with van der Waals surface area (Å²) in [6, 6.07) is 11.3. The number of nitrogens with one attached hydrogen (secondary N) is 1. The summed E-state index contributed by atoms with van der Waals surface area (Å²) in [5.74, 6) is -0.00785. The van der Waals surface area contributed by atoms with Gasteiger partial charge in [0.15, 0.2) is 10.7 Å². The molecule has 1 N–H and O–H groups in total. The molecule has 0 bridgehead atoms. The Balaban J connectivity index is 1.57. The van der Waals surface area contributed by atoms with Gasteiger partial charge in [-0.15, -0.1) is 0 Å². The number of benzene rings is 2. The van der Waals surface area contributed by atoms with Gasteiger partial charge < -0.3 is 14.6 Å². The highest BCUT2D eigenvalue weighted by atomic mass is 32.2. The third-order valence-corrected chi connectivity index (χ3v) is 8.71. The van der Waals surface area contributed by atoms with Crippen LogP contribution in [0.25, 0.3) is 12.2 Å². The maximum absolute atomic E-state index is 13.7. The Morgan fingerprint density at radius 2 is 1.84 bits per heavy atom. The summed E-state index contributed by atoms with van der Waals surface area (Å²) in [6.45, 7) is 8.10. The van der Waals surface area contributed by atoms with Crippen LogP contribution in [-0.4, -0.2) is 44.0 Å². The lowest BCUT2D eigenvalue weighted by Gasteiger charge is -2.31. The van der Waals surface area contributed by atoms with E-state index >= 15 is 0 Å². The number of aromatic nitrogens is 1. The van der Waals surface area contributed by atoms with E-state index in [-0.39, 0.29) is 28.8 Å². The number of ether oxygens (including phenoxy) is 1. The molecule has 0 aliphatic carbocycles. The van der Waals surface area contributed by atoms with E-state index in [0.29, 0.717) is 30.8 Å². The van der Waals surface area contributed by atoms with Crippen molar-refractivity contribution < 1.29 is 22.5 Å². The van der Waals surface area contributed by atoms with Crippen molar-refractivity contribution in [3.05, 3.63) is 70.1 Å². The molecule has 0 spiro atoms. The van der Waals surface area contributed by atoms with Gasteiger partial charge >= 0.3 is 0 Å². The monoisotopic (exact) mass is 523 g/mol. The van der Waals surface area contributed by atoms with Crippen LogP contribution in [0.1, 0.15) is 46.5 Å². The molecule has 4 rings (SSSR count). The van der Waals surface area contributed by atoms with E-state index in [1.807, 2.05) is 32.9 Å². The van der Waals surface area contributed by atoms with Gasteiger partial charge in [-0.1, -0.05) is 41.1 Å². The van der Waals surface area contributed by atoms with Gasteiger partial charge in [0, 0.05) is 13.1 Å². The molecule has 1 aromatic heterocycles. The predicted molar refractivity (Wildman–Crippen MR) is 144 cm³/mol. The molecule has 2 aromatic carbocycles. The standard InChI is InChI=1S/C28H33N3O5S/c1-18-15-19(2)23(20(3)16-18)12-13-26-27(21(4)30-36-26)37(33,34)31-14-8-9-22(17-31)28(32)29-24-10-6-7-11-25(24)35-5/h6-7,10-13,15-16,22H,8-9,14,17H2,1-5H3,(H,29,32)/b13-12+. The molecule has 1 saturated heterocycles. The van der Waals surface area contributed by atoms with Crippen LogP contribution in [0.15, 0.2) is 45.8 Å². The number of nitrogens with zero attached hydrogens (tertiary/aromatic N) is 2. The molecule has 2 heterocycles. The maximum Gasteiger partial charge on any atom is 0.248 e. The van der Waals surface area contributed by atoms with Gasteiger partial charge in [0.05, 0.1) is 18.7 Å². The first kappa shape index (κ1) is 26.6. The first-order chi connectivity index (χ1) is 17.6. The lowest BCUT2D eigenvalue weighted by atomic mass is 9.98. The van der Waals surface area contributed by atoms with Gasteiger partial charge in [0.2, 0.25) is 15.9 Å². The van der Waals surface area contributed by atoms with E-state index < -0.39 is 15.9 Å². The molecular weight excluding hydrogens is 490 g/mol. The first-order valence-corrected chi connectivity index (χ1v) is 13.7. The fourth-order valence-corrected chi connectivity index (χ4v) is 6.67. The van der Waals surface area contributed by atoms with Gasteiger partial charge in [-0.2, -0.15) is 4.31 Å². The van der Waals surface area contributed by atoms with Crippen LogP contribution in [0.4, 0.5) is 5.69 Å². The SMILES string of the molecule is COc1ccccc1NC(=O)C1CCCN(S(=O)(=O)c2c(C)noc2/C=C/c2c(C)cc(C)cc2C)C1. The molecule has 1 aliphatic heterocycles. The Morgan fingerprint density at radius 3 is 2.54 bits per heavy atom. The summed E-state index contributed by atoms with van der Waals surface area (Å²) in [7, 11) is -2.41. The van der Waals surface area contributed by atoms with Crippen LogP contribution < -0.4 is 10.1 Å². The smallest absolute Gasteiger partial charge is 0.248 e. The van der Waals surface area contributed by atoms with Crippen molar-refractivity contribution in [1.82, 2.24) is 9.46 Å². The molecule has 8 nitrogen and oxygen atoms in total. The molecule has 1 amide bonds. The summed E-state index contributed by atoms with van der Waals surface area (Å²) >= 11 is 0. The minimum absolute atomic E-state index is 0.0388. The molecular formula is C28H33N3O5S.